The molecule has 11 nitrogen and oxygen atoms in total. The molecule has 1 unspecified atom stereocenters. The minimum absolute atomic E-state index is 0.118. The maximum Gasteiger partial charge on any atom is 0.407 e. The van der Waals surface area contributed by atoms with Crippen LogP contribution >= 0.6 is 0 Å². The maximum absolute atomic E-state index is 13.1. The predicted molar refractivity (Wildman–Crippen MR) is 131 cm³/mol. The molecule has 3 aliphatic rings. The number of carbonyl (C=O) groups is 3. The Kier molecular flexibility index (Phi) is 6.85. The molecule has 1 aromatic carbocycles. The molecule has 1 atom stereocenters. The molecule has 4 heterocycles. The van der Waals surface area contributed by atoms with Gasteiger partial charge < -0.3 is 14.7 Å². The zero-order chi connectivity index (χ0) is 25.4. The number of carboxylic acid groups (broad SMARTS) is 1. The van der Waals surface area contributed by atoms with Gasteiger partial charge in [0, 0.05) is 46.2 Å². The summed E-state index contributed by atoms with van der Waals surface area (Å²) in [6, 6.07) is 5.11. The van der Waals surface area contributed by atoms with Gasteiger partial charge in [-0.25, -0.2) is 9.59 Å². The molecule has 3 fully saturated rings. The largest absolute Gasteiger partial charge is 0.465 e. The monoisotopic (exact) mass is 499 g/mol. The number of hydrogen-bond acceptors (Lipinski definition) is 6. The van der Waals surface area contributed by atoms with Crippen LogP contribution in [0, 0.1) is 0 Å². The van der Waals surface area contributed by atoms with Crippen LogP contribution in [-0.4, -0.2) is 80.3 Å². The molecule has 0 spiro atoms. The summed E-state index contributed by atoms with van der Waals surface area (Å²) in [5.41, 5.74) is 2.29. The van der Waals surface area contributed by atoms with E-state index < -0.39 is 18.0 Å². The Morgan fingerprint density at radius 2 is 1.69 bits per heavy atom. The van der Waals surface area contributed by atoms with Crippen LogP contribution in [0.15, 0.2) is 23.0 Å². The lowest BCUT2D eigenvalue weighted by molar-refractivity contribution is -0.135. The van der Waals surface area contributed by atoms with Crippen LogP contribution in [0.5, 0.6) is 0 Å². The number of fused-ring (bicyclic) bond motifs is 1. The Bertz CT molecular complexity index is 1220. The van der Waals surface area contributed by atoms with Gasteiger partial charge in [0.1, 0.15) is 6.04 Å². The number of amides is 3. The Morgan fingerprint density at radius 1 is 1.03 bits per heavy atom. The van der Waals surface area contributed by atoms with Crippen molar-refractivity contribution in [3.8, 4) is 0 Å². The fourth-order valence-corrected chi connectivity index (χ4v) is 5.78. The fourth-order valence-electron chi connectivity index (χ4n) is 5.78. The summed E-state index contributed by atoms with van der Waals surface area (Å²) in [5, 5.41) is 11.5. The van der Waals surface area contributed by atoms with Crippen molar-refractivity contribution in [3.63, 3.8) is 0 Å². The fraction of sp³-hybridized carbons (Fsp3) is 0.600. The topological polar surface area (TPSA) is 126 Å². The van der Waals surface area contributed by atoms with Crippen molar-refractivity contribution < 1.29 is 24.2 Å². The Balaban J connectivity index is 1.24. The molecule has 5 rings (SSSR count). The standard InChI is InChI=1S/C25H33N5O6/c1-27-22-16(3-2-4-19(22)30(24(27)33)20-5-6-21(31)26-23(20)32)15-28-11-7-17(8-12-28)36-18-9-13-29(14-10-18)25(34)35/h2-4,17-18,20H,5-15H2,1H3,(H,34,35)(H,26,31,32). The quantitative estimate of drug-likeness (QED) is 0.596. The molecule has 11 heteroatoms. The molecule has 3 amide bonds. The van der Waals surface area contributed by atoms with Crippen molar-refractivity contribution in [1.29, 1.82) is 0 Å². The number of nitrogens with one attached hydrogen (secondary N) is 1. The first-order chi connectivity index (χ1) is 17.3. The number of hydrogen-bond donors (Lipinski definition) is 2. The summed E-state index contributed by atoms with van der Waals surface area (Å²) < 4.78 is 9.42. The van der Waals surface area contributed by atoms with Gasteiger partial charge in [-0.3, -0.25) is 28.9 Å². The van der Waals surface area contributed by atoms with Crippen LogP contribution in [0.3, 0.4) is 0 Å². The lowest BCUT2D eigenvalue weighted by Gasteiger charge is -2.36. The molecule has 194 valence electrons. The molecule has 36 heavy (non-hydrogen) atoms. The number of ether oxygens (including phenoxy) is 1. The van der Waals surface area contributed by atoms with E-state index in [4.69, 9.17) is 9.84 Å². The van der Waals surface area contributed by atoms with Crippen molar-refractivity contribution in [2.75, 3.05) is 26.2 Å². The number of aryl methyl sites for hydroxylation is 1. The van der Waals surface area contributed by atoms with Gasteiger partial charge in [-0.1, -0.05) is 12.1 Å². The third-order valence-corrected chi connectivity index (χ3v) is 7.73. The second-order valence-electron chi connectivity index (χ2n) is 10.0. The Hall–Kier alpha value is -3.18. The summed E-state index contributed by atoms with van der Waals surface area (Å²) in [7, 11) is 1.73. The van der Waals surface area contributed by atoms with Crippen molar-refractivity contribution in [1.82, 2.24) is 24.3 Å². The predicted octanol–water partition coefficient (Wildman–Crippen LogP) is 1.44. The molecular weight excluding hydrogens is 466 g/mol. The van der Waals surface area contributed by atoms with Crippen molar-refractivity contribution in [3.05, 3.63) is 34.2 Å². The molecule has 0 aliphatic carbocycles. The number of nitrogens with zero attached hydrogens (tertiary/aromatic N) is 4. The molecule has 3 aliphatic heterocycles. The van der Waals surface area contributed by atoms with E-state index in [1.165, 1.54) is 9.47 Å². The van der Waals surface area contributed by atoms with Crippen LogP contribution in [0.2, 0.25) is 0 Å². The number of aromatic nitrogens is 2. The smallest absolute Gasteiger partial charge is 0.407 e. The first-order valence-corrected chi connectivity index (χ1v) is 12.7. The number of carbonyl (C=O) groups excluding carboxylic acids is 2. The normalized spacial score (nSPS) is 22.8. The zero-order valence-corrected chi connectivity index (χ0v) is 20.5. The van der Waals surface area contributed by atoms with Crippen LogP contribution in [0.4, 0.5) is 4.79 Å². The van der Waals surface area contributed by atoms with E-state index in [1.807, 2.05) is 18.2 Å². The summed E-state index contributed by atoms with van der Waals surface area (Å²) in [6.07, 6.45) is 3.27. The molecule has 0 saturated carbocycles. The van der Waals surface area contributed by atoms with Crippen LogP contribution in [-0.2, 0) is 27.9 Å². The highest BCUT2D eigenvalue weighted by molar-refractivity contribution is 6.00. The maximum atomic E-state index is 13.1. The van der Waals surface area contributed by atoms with E-state index >= 15 is 0 Å². The number of imidazole rings is 1. The van der Waals surface area contributed by atoms with Gasteiger partial charge in [-0.05, 0) is 43.7 Å². The Labute approximate surface area is 208 Å². The van der Waals surface area contributed by atoms with Crippen molar-refractivity contribution in [2.45, 2.75) is 63.3 Å². The molecular formula is C25H33N5O6. The minimum Gasteiger partial charge on any atom is -0.465 e. The van der Waals surface area contributed by atoms with Crippen molar-refractivity contribution >= 4 is 28.9 Å². The number of imide groups is 1. The lowest BCUT2D eigenvalue weighted by atomic mass is 10.0. The first-order valence-electron chi connectivity index (χ1n) is 12.7. The number of rotatable bonds is 5. The molecule has 0 radical (unpaired) electrons. The third-order valence-electron chi connectivity index (χ3n) is 7.73. The number of piperidine rings is 3. The van der Waals surface area contributed by atoms with Crippen LogP contribution in [0.1, 0.15) is 50.1 Å². The van der Waals surface area contributed by atoms with Crippen molar-refractivity contribution in [2.24, 2.45) is 7.05 Å². The molecule has 1 aromatic heterocycles. The highest BCUT2D eigenvalue weighted by atomic mass is 16.5. The van der Waals surface area contributed by atoms with E-state index in [9.17, 15) is 19.2 Å². The van der Waals surface area contributed by atoms with E-state index in [1.54, 1.807) is 11.6 Å². The SMILES string of the molecule is Cn1c(=O)n(C2CCC(=O)NC2=O)c2cccc(CN3CCC(OC4CCN(C(=O)O)CC4)CC3)c21. The second kappa shape index (κ2) is 10.1. The zero-order valence-electron chi connectivity index (χ0n) is 20.5. The highest BCUT2D eigenvalue weighted by Crippen LogP contribution is 2.27. The van der Waals surface area contributed by atoms with Gasteiger partial charge in [0.25, 0.3) is 0 Å². The van der Waals surface area contributed by atoms with Crippen LogP contribution < -0.4 is 11.0 Å². The van der Waals surface area contributed by atoms with E-state index in [-0.39, 0.29) is 30.2 Å². The third kappa shape index (κ3) is 4.77. The molecule has 2 N–H and O–H groups in total. The van der Waals surface area contributed by atoms with Gasteiger partial charge >= 0.3 is 11.8 Å². The lowest BCUT2D eigenvalue weighted by Crippen LogP contribution is -2.44. The van der Waals surface area contributed by atoms with E-state index in [0.29, 0.717) is 31.6 Å². The summed E-state index contributed by atoms with van der Waals surface area (Å²) in [4.78, 5) is 52.1. The second-order valence-corrected chi connectivity index (χ2v) is 10.0. The minimum atomic E-state index is -0.860. The van der Waals surface area contributed by atoms with Gasteiger partial charge in [-0.15, -0.1) is 0 Å². The molecule has 2 aromatic rings. The Morgan fingerprint density at radius 3 is 2.33 bits per heavy atom. The highest BCUT2D eigenvalue weighted by Gasteiger charge is 2.32. The molecule has 0 bridgehead atoms. The summed E-state index contributed by atoms with van der Waals surface area (Å²) in [5.74, 6) is -0.731. The van der Waals surface area contributed by atoms with E-state index in [0.717, 1.165) is 49.9 Å². The number of benzene rings is 1. The molecule has 3 saturated heterocycles. The first kappa shape index (κ1) is 24.5. The number of para-hydroxylation sites is 1. The van der Waals surface area contributed by atoms with Gasteiger partial charge in [0.15, 0.2) is 0 Å². The average molecular weight is 500 g/mol. The van der Waals surface area contributed by atoms with Crippen LogP contribution in [0.25, 0.3) is 11.0 Å². The van der Waals surface area contributed by atoms with Gasteiger partial charge in [-0.2, -0.15) is 0 Å². The number of likely N-dealkylation sites (tertiary alicyclic amines) is 2. The summed E-state index contributed by atoms with van der Waals surface area (Å²) >= 11 is 0. The van der Waals surface area contributed by atoms with E-state index in [2.05, 4.69) is 10.2 Å². The average Bonchev–Trinajstić information content (AvgIpc) is 3.11. The van der Waals surface area contributed by atoms with Gasteiger partial charge in [0.05, 0.1) is 23.2 Å². The summed E-state index contributed by atoms with van der Waals surface area (Å²) in [6.45, 7) is 3.49. The van der Waals surface area contributed by atoms with Gasteiger partial charge in [0.2, 0.25) is 11.8 Å².